The zero-order chi connectivity index (χ0) is 20.3. The van der Waals surface area contributed by atoms with Crippen LogP contribution < -0.4 is 10.1 Å². The van der Waals surface area contributed by atoms with Crippen molar-refractivity contribution in [1.29, 1.82) is 0 Å². The molecule has 1 saturated heterocycles. The topological polar surface area (TPSA) is 75.7 Å². The summed E-state index contributed by atoms with van der Waals surface area (Å²) in [6, 6.07) is 11.5. The van der Waals surface area contributed by atoms with Crippen LogP contribution in [0.1, 0.15) is 42.1 Å². The van der Waals surface area contributed by atoms with Crippen molar-refractivity contribution in [1.82, 2.24) is 4.31 Å². The molecule has 6 nitrogen and oxygen atoms in total. The fraction of sp³-hybridized carbons (Fsp3) is 0.381. The summed E-state index contributed by atoms with van der Waals surface area (Å²) in [4.78, 5) is 12.7. The molecule has 0 aromatic heterocycles. The zero-order valence-electron chi connectivity index (χ0n) is 16.4. The number of methoxy groups -OCH3 is 1. The van der Waals surface area contributed by atoms with Gasteiger partial charge in [-0.1, -0.05) is 6.42 Å². The Hall–Kier alpha value is -2.38. The van der Waals surface area contributed by atoms with E-state index in [0.29, 0.717) is 17.8 Å². The van der Waals surface area contributed by atoms with Crippen LogP contribution in [0.5, 0.6) is 5.75 Å². The summed E-state index contributed by atoms with van der Waals surface area (Å²) in [6.45, 7) is 4.38. The van der Waals surface area contributed by atoms with Crippen molar-refractivity contribution in [3.8, 4) is 5.75 Å². The van der Waals surface area contributed by atoms with E-state index < -0.39 is 10.0 Å². The number of sulfonamides is 1. The quantitative estimate of drug-likeness (QED) is 0.825. The van der Waals surface area contributed by atoms with E-state index in [4.69, 9.17) is 4.74 Å². The van der Waals surface area contributed by atoms with Crippen LogP contribution in [-0.4, -0.2) is 38.3 Å². The van der Waals surface area contributed by atoms with Crippen molar-refractivity contribution >= 4 is 21.6 Å². The van der Waals surface area contributed by atoms with Crippen molar-refractivity contribution < 1.29 is 17.9 Å². The first kappa shape index (κ1) is 20.4. The molecule has 2 aromatic carbocycles. The molecule has 1 unspecified atom stereocenters. The lowest BCUT2D eigenvalue weighted by Gasteiger charge is -2.32. The second-order valence-corrected chi connectivity index (χ2v) is 9.01. The second kappa shape index (κ2) is 8.32. The van der Waals surface area contributed by atoms with Crippen LogP contribution in [0.4, 0.5) is 5.69 Å². The van der Waals surface area contributed by atoms with E-state index >= 15 is 0 Å². The molecule has 150 valence electrons. The molecule has 1 aliphatic rings. The number of ether oxygens (including phenoxy) is 1. The van der Waals surface area contributed by atoms with Crippen molar-refractivity contribution in [2.45, 2.75) is 44.0 Å². The Morgan fingerprint density at radius 3 is 2.46 bits per heavy atom. The molecule has 1 heterocycles. The number of aryl methyl sites for hydroxylation is 1. The Kier molecular flexibility index (Phi) is 6.05. The summed E-state index contributed by atoms with van der Waals surface area (Å²) in [5.74, 6) is 0.458. The van der Waals surface area contributed by atoms with Crippen LogP contribution in [0.2, 0.25) is 0 Å². The number of anilines is 1. The minimum absolute atomic E-state index is 0.0000341. The maximum absolute atomic E-state index is 12.9. The Morgan fingerprint density at radius 2 is 1.86 bits per heavy atom. The maximum atomic E-state index is 12.9. The first-order valence-corrected chi connectivity index (χ1v) is 10.8. The van der Waals surface area contributed by atoms with Gasteiger partial charge in [0, 0.05) is 23.8 Å². The third-order valence-electron chi connectivity index (χ3n) is 5.12. The SMILES string of the molecule is COc1ccc(NC(=O)c2ccc(S(=O)(=O)N3CCCCC3C)cc2)cc1C. The molecular weight excluding hydrogens is 376 g/mol. The predicted octanol–water partition coefficient (Wildman–Crippen LogP) is 3.82. The fourth-order valence-corrected chi connectivity index (χ4v) is 5.20. The van der Waals surface area contributed by atoms with Gasteiger partial charge in [-0.25, -0.2) is 8.42 Å². The van der Waals surface area contributed by atoms with Crippen LogP contribution in [0.3, 0.4) is 0 Å². The standard InChI is InChI=1S/C21H26N2O4S/c1-15-14-18(9-12-20(15)27-3)22-21(24)17-7-10-19(11-8-17)28(25,26)23-13-5-4-6-16(23)2/h7-12,14,16H,4-6,13H2,1-3H3,(H,22,24). The lowest BCUT2D eigenvalue weighted by Crippen LogP contribution is -2.41. The fourth-order valence-electron chi connectivity index (χ4n) is 3.50. The molecule has 28 heavy (non-hydrogen) atoms. The van der Waals surface area contributed by atoms with Gasteiger partial charge in [-0.2, -0.15) is 4.31 Å². The van der Waals surface area contributed by atoms with Gasteiger partial charge in [-0.05, 0) is 74.7 Å². The first-order valence-electron chi connectivity index (χ1n) is 9.41. The number of benzene rings is 2. The molecule has 1 amide bonds. The Bertz CT molecular complexity index is 955. The van der Waals surface area contributed by atoms with E-state index in [2.05, 4.69) is 5.32 Å². The van der Waals surface area contributed by atoms with Crippen LogP contribution in [0.25, 0.3) is 0 Å². The number of amides is 1. The van der Waals surface area contributed by atoms with Gasteiger partial charge < -0.3 is 10.1 Å². The first-order chi connectivity index (χ1) is 13.3. The minimum Gasteiger partial charge on any atom is -0.496 e. The number of hydrogen-bond acceptors (Lipinski definition) is 4. The number of rotatable bonds is 5. The van der Waals surface area contributed by atoms with Crippen molar-refractivity contribution in [2.24, 2.45) is 0 Å². The molecule has 1 N–H and O–H groups in total. The number of carbonyl (C=O) groups excluding carboxylic acids is 1. The minimum atomic E-state index is -3.54. The molecule has 1 fully saturated rings. The predicted molar refractivity (Wildman–Crippen MR) is 109 cm³/mol. The van der Waals surface area contributed by atoms with Gasteiger partial charge in [0.15, 0.2) is 0 Å². The van der Waals surface area contributed by atoms with E-state index in [1.165, 1.54) is 12.1 Å². The van der Waals surface area contributed by atoms with E-state index in [1.807, 2.05) is 19.9 Å². The monoisotopic (exact) mass is 402 g/mol. The van der Waals surface area contributed by atoms with Crippen LogP contribution in [0, 0.1) is 6.92 Å². The van der Waals surface area contributed by atoms with Gasteiger partial charge in [0.2, 0.25) is 10.0 Å². The van der Waals surface area contributed by atoms with Gasteiger partial charge >= 0.3 is 0 Å². The summed E-state index contributed by atoms with van der Waals surface area (Å²) in [5.41, 5.74) is 1.97. The van der Waals surface area contributed by atoms with E-state index in [9.17, 15) is 13.2 Å². The largest absolute Gasteiger partial charge is 0.496 e. The van der Waals surface area contributed by atoms with Crippen LogP contribution >= 0.6 is 0 Å². The molecule has 0 saturated carbocycles. The lowest BCUT2D eigenvalue weighted by molar-refractivity contribution is 0.102. The van der Waals surface area contributed by atoms with E-state index in [1.54, 1.807) is 35.7 Å². The lowest BCUT2D eigenvalue weighted by atomic mass is 10.1. The van der Waals surface area contributed by atoms with Gasteiger partial charge in [-0.15, -0.1) is 0 Å². The van der Waals surface area contributed by atoms with Gasteiger partial charge in [0.05, 0.1) is 12.0 Å². The molecular formula is C21H26N2O4S. The number of nitrogens with zero attached hydrogens (tertiary/aromatic N) is 1. The maximum Gasteiger partial charge on any atom is 0.255 e. The van der Waals surface area contributed by atoms with Crippen LogP contribution in [0.15, 0.2) is 47.4 Å². The Labute approximate surface area is 166 Å². The van der Waals surface area contributed by atoms with Crippen molar-refractivity contribution in [2.75, 3.05) is 19.0 Å². The summed E-state index contributed by atoms with van der Waals surface area (Å²) in [5, 5.41) is 2.82. The molecule has 7 heteroatoms. The average Bonchev–Trinajstić information content (AvgIpc) is 2.68. The Balaban J connectivity index is 1.74. The molecule has 2 aromatic rings. The highest BCUT2D eigenvalue weighted by molar-refractivity contribution is 7.89. The third-order valence-corrected chi connectivity index (χ3v) is 7.15. The summed E-state index contributed by atoms with van der Waals surface area (Å²) < 4.78 is 32.5. The third kappa shape index (κ3) is 4.20. The molecule has 3 rings (SSSR count). The normalized spacial score (nSPS) is 17.9. The van der Waals surface area contributed by atoms with E-state index in [0.717, 1.165) is 30.6 Å². The molecule has 0 aliphatic carbocycles. The molecule has 0 spiro atoms. The van der Waals surface area contributed by atoms with Crippen molar-refractivity contribution in [3.05, 3.63) is 53.6 Å². The summed E-state index contributed by atoms with van der Waals surface area (Å²) >= 11 is 0. The molecule has 0 radical (unpaired) electrons. The number of nitrogens with one attached hydrogen (secondary N) is 1. The van der Waals surface area contributed by atoms with E-state index in [-0.39, 0.29) is 16.8 Å². The molecule has 1 aliphatic heterocycles. The number of piperidine rings is 1. The number of carbonyl (C=O) groups is 1. The zero-order valence-corrected chi connectivity index (χ0v) is 17.3. The van der Waals surface area contributed by atoms with Crippen LogP contribution in [-0.2, 0) is 10.0 Å². The highest BCUT2D eigenvalue weighted by Crippen LogP contribution is 2.26. The summed E-state index contributed by atoms with van der Waals surface area (Å²) in [6.07, 6.45) is 2.81. The smallest absolute Gasteiger partial charge is 0.255 e. The Morgan fingerprint density at radius 1 is 1.14 bits per heavy atom. The second-order valence-electron chi connectivity index (χ2n) is 7.12. The van der Waals surface area contributed by atoms with Gasteiger partial charge in [0.25, 0.3) is 5.91 Å². The molecule has 0 bridgehead atoms. The highest BCUT2D eigenvalue weighted by Gasteiger charge is 2.30. The summed E-state index contributed by atoms with van der Waals surface area (Å²) in [7, 11) is -1.94. The number of hydrogen-bond donors (Lipinski definition) is 1. The van der Waals surface area contributed by atoms with Gasteiger partial charge in [-0.3, -0.25) is 4.79 Å². The average molecular weight is 403 g/mol. The molecule has 1 atom stereocenters. The van der Waals surface area contributed by atoms with Crippen molar-refractivity contribution in [3.63, 3.8) is 0 Å². The van der Waals surface area contributed by atoms with Gasteiger partial charge in [0.1, 0.15) is 5.75 Å². The highest BCUT2D eigenvalue weighted by atomic mass is 32.2.